The van der Waals surface area contributed by atoms with Gasteiger partial charge < -0.3 is 4.74 Å². The van der Waals surface area contributed by atoms with Crippen molar-refractivity contribution in [1.29, 1.82) is 0 Å². The van der Waals surface area contributed by atoms with Crippen molar-refractivity contribution in [3.63, 3.8) is 0 Å². The summed E-state index contributed by atoms with van der Waals surface area (Å²) in [6.45, 7) is 3.81. The molecule has 0 aliphatic rings. The standard InChI is InChI=1S/C25H20N6O2S/c1-14-10-16(8-9-26-14)20-13-28-22-24(29-20)34-25(30-22)31-23(32)19-12-27-15(2)11-18(19)17-6-4-5-7-21(17)33-3/h4-13H,1-3H3,(H,28,30,31,32). The van der Waals surface area contributed by atoms with Crippen LogP contribution in [0.15, 0.2) is 61.1 Å². The lowest BCUT2D eigenvalue weighted by atomic mass is 9.99. The van der Waals surface area contributed by atoms with Crippen LogP contribution in [0.25, 0.3) is 32.9 Å². The van der Waals surface area contributed by atoms with Crippen LogP contribution in [0.5, 0.6) is 5.75 Å². The number of aromatic nitrogens is 5. The summed E-state index contributed by atoms with van der Waals surface area (Å²) in [5.41, 5.74) is 5.78. The second-order valence-corrected chi connectivity index (χ2v) is 8.59. The van der Waals surface area contributed by atoms with Gasteiger partial charge in [0.2, 0.25) is 0 Å². The zero-order valence-electron chi connectivity index (χ0n) is 18.7. The van der Waals surface area contributed by atoms with Crippen LogP contribution in [-0.2, 0) is 0 Å². The Morgan fingerprint density at radius 2 is 1.76 bits per heavy atom. The highest BCUT2D eigenvalue weighted by Gasteiger charge is 2.19. The number of ether oxygens (including phenoxy) is 1. The SMILES string of the molecule is COc1ccccc1-c1cc(C)ncc1C(=O)Nc1nc2ncc(-c3ccnc(C)c3)nc2s1. The van der Waals surface area contributed by atoms with Gasteiger partial charge in [-0.15, -0.1) is 0 Å². The summed E-state index contributed by atoms with van der Waals surface area (Å²) in [4.78, 5) is 36.0. The number of hydrogen-bond acceptors (Lipinski definition) is 8. The van der Waals surface area contributed by atoms with Gasteiger partial charge in [-0.3, -0.25) is 20.1 Å². The van der Waals surface area contributed by atoms with E-state index in [0.717, 1.165) is 33.8 Å². The molecule has 4 aromatic heterocycles. The van der Waals surface area contributed by atoms with Gasteiger partial charge in [-0.2, -0.15) is 4.98 Å². The molecule has 5 aromatic rings. The number of benzene rings is 1. The fourth-order valence-electron chi connectivity index (χ4n) is 3.61. The zero-order valence-corrected chi connectivity index (χ0v) is 19.6. The molecule has 4 heterocycles. The number of rotatable bonds is 5. The molecular formula is C25H20N6O2S. The smallest absolute Gasteiger partial charge is 0.259 e. The highest BCUT2D eigenvalue weighted by molar-refractivity contribution is 7.21. The Hall–Kier alpha value is -4.24. The first-order valence-electron chi connectivity index (χ1n) is 10.5. The fourth-order valence-corrected chi connectivity index (χ4v) is 4.41. The predicted molar refractivity (Wildman–Crippen MR) is 132 cm³/mol. The van der Waals surface area contributed by atoms with Gasteiger partial charge in [-0.1, -0.05) is 29.5 Å². The van der Waals surface area contributed by atoms with Gasteiger partial charge in [0, 0.05) is 40.5 Å². The van der Waals surface area contributed by atoms with Crippen LogP contribution >= 0.6 is 11.3 Å². The van der Waals surface area contributed by atoms with Crippen molar-refractivity contribution >= 4 is 32.9 Å². The summed E-state index contributed by atoms with van der Waals surface area (Å²) in [6, 6.07) is 13.3. The second kappa shape index (κ2) is 8.95. The average Bonchev–Trinajstić information content (AvgIpc) is 3.25. The Balaban J connectivity index is 1.47. The number of nitrogens with zero attached hydrogens (tertiary/aromatic N) is 5. The molecule has 0 bridgehead atoms. The zero-order chi connectivity index (χ0) is 23.7. The number of methoxy groups -OCH3 is 1. The summed E-state index contributed by atoms with van der Waals surface area (Å²) >= 11 is 1.27. The van der Waals surface area contributed by atoms with Crippen molar-refractivity contribution in [2.24, 2.45) is 0 Å². The molecule has 0 unspecified atom stereocenters. The number of thiazole rings is 1. The largest absolute Gasteiger partial charge is 0.496 e. The minimum atomic E-state index is -0.322. The number of amides is 1. The summed E-state index contributed by atoms with van der Waals surface area (Å²) in [5, 5.41) is 3.29. The minimum Gasteiger partial charge on any atom is -0.496 e. The molecule has 8 nitrogen and oxygen atoms in total. The molecule has 0 fully saturated rings. The first-order chi connectivity index (χ1) is 16.5. The van der Waals surface area contributed by atoms with Crippen LogP contribution in [0.3, 0.4) is 0 Å². The van der Waals surface area contributed by atoms with Crippen molar-refractivity contribution in [1.82, 2.24) is 24.9 Å². The molecule has 0 aliphatic carbocycles. The molecule has 0 spiro atoms. The Morgan fingerprint density at radius 1 is 0.941 bits per heavy atom. The number of hydrogen-bond donors (Lipinski definition) is 1. The van der Waals surface area contributed by atoms with E-state index in [9.17, 15) is 4.79 Å². The van der Waals surface area contributed by atoms with Gasteiger partial charge in [0.1, 0.15) is 5.75 Å². The number of carbonyl (C=O) groups excluding carboxylic acids is 1. The van der Waals surface area contributed by atoms with Crippen molar-refractivity contribution in [2.45, 2.75) is 13.8 Å². The van der Waals surface area contributed by atoms with E-state index < -0.39 is 0 Å². The van der Waals surface area contributed by atoms with Gasteiger partial charge in [0.25, 0.3) is 5.91 Å². The maximum absolute atomic E-state index is 13.2. The summed E-state index contributed by atoms with van der Waals surface area (Å²) in [5.74, 6) is 0.354. The Morgan fingerprint density at radius 3 is 2.59 bits per heavy atom. The predicted octanol–water partition coefficient (Wildman–Crippen LogP) is 5.09. The number of aryl methyl sites for hydroxylation is 2. The molecule has 34 heavy (non-hydrogen) atoms. The molecule has 0 aliphatic heterocycles. The monoisotopic (exact) mass is 468 g/mol. The lowest BCUT2D eigenvalue weighted by Gasteiger charge is -2.13. The third-order valence-electron chi connectivity index (χ3n) is 5.22. The molecule has 0 radical (unpaired) electrons. The van der Waals surface area contributed by atoms with Crippen molar-refractivity contribution in [2.75, 3.05) is 12.4 Å². The van der Waals surface area contributed by atoms with E-state index in [4.69, 9.17) is 4.74 Å². The van der Waals surface area contributed by atoms with Crippen molar-refractivity contribution in [3.05, 3.63) is 78.0 Å². The topological polar surface area (TPSA) is 103 Å². The lowest BCUT2D eigenvalue weighted by Crippen LogP contribution is -2.14. The van der Waals surface area contributed by atoms with E-state index in [0.29, 0.717) is 26.9 Å². The number of carbonyl (C=O) groups is 1. The minimum absolute atomic E-state index is 0.322. The summed E-state index contributed by atoms with van der Waals surface area (Å²) in [7, 11) is 1.61. The molecule has 1 N–H and O–H groups in total. The van der Waals surface area contributed by atoms with Crippen LogP contribution in [0, 0.1) is 13.8 Å². The molecular weight excluding hydrogens is 448 g/mol. The molecule has 9 heteroatoms. The van der Waals surface area contributed by atoms with E-state index in [1.165, 1.54) is 11.3 Å². The van der Waals surface area contributed by atoms with Gasteiger partial charge in [-0.05, 0) is 38.1 Å². The molecule has 1 aromatic carbocycles. The molecule has 0 saturated heterocycles. The van der Waals surface area contributed by atoms with E-state index in [1.807, 2.05) is 56.3 Å². The molecule has 5 rings (SSSR count). The van der Waals surface area contributed by atoms with E-state index in [-0.39, 0.29) is 5.91 Å². The fraction of sp³-hybridized carbons (Fsp3) is 0.120. The number of para-hydroxylation sites is 1. The maximum Gasteiger partial charge on any atom is 0.259 e. The Labute approximate surface area is 199 Å². The van der Waals surface area contributed by atoms with Crippen molar-refractivity contribution in [3.8, 4) is 28.1 Å². The van der Waals surface area contributed by atoms with Gasteiger partial charge in [0.05, 0.1) is 24.6 Å². The first kappa shape index (κ1) is 21.6. The maximum atomic E-state index is 13.2. The van der Waals surface area contributed by atoms with Gasteiger partial charge >= 0.3 is 0 Å². The van der Waals surface area contributed by atoms with Crippen LogP contribution in [0.1, 0.15) is 21.7 Å². The lowest BCUT2D eigenvalue weighted by molar-refractivity contribution is 0.102. The first-order valence-corrected chi connectivity index (χ1v) is 11.3. The molecule has 1 amide bonds. The third-order valence-corrected chi connectivity index (χ3v) is 6.07. The van der Waals surface area contributed by atoms with E-state index >= 15 is 0 Å². The van der Waals surface area contributed by atoms with Crippen molar-refractivity contribution < 1.29 is 9.53 Å². The van der Waals surface area contributed by atoms with Crippen LogP contribution in [0.4, 0.5) is 5.13 Å². The van der Waals surface area contributed by atoms with Gasteiger partial charge in [0.15, 0.2) is 15.6 Å². The summed E-state index contributed by atoms with van der Waals surface area (Å²) in [6.07, 6.45) is 4.98. The second-order valence-electron chi connectivity index (χ2n) is 7.61. The van der Waals surface area contributed by atoms with Crippen LogP contribution in [-0.4, -0.2) is 37.9 Å². The Bertz CT molecular complexity index is 1530. The Kier molecular flexibility index (Phi) is 5.69. The molecule has 168 valence electrons. The normalized spacial score (nSPS) is 10.9. The average molecular weight is 469 g/mol. The van der Waals surface area contributed by atoms with Crippen LogP contribution < -0.4 is 10.1 Å². The number of pyridine rings is 2. The van der Waals surface area contributed by atoms with E-state index in [2.05, 4.69) is 30.2 Å². The highest BCUT2D eigenvalue weighted by Crippen LogP contribution is 2.33. The van der Waals surface area contributed by atoms with Gasteiger partial charge in [-0.25, -0.2) is 9.97 Å². The number of anilines is 1. The number of fused-ring (bicyclic) bond motifs is 1. The third kappa shape index (κ3) is 4.20. The molecule has 0 saturated carbocycles. The quantitative estimate of drug-likeness (QED) is 0.383. The highest BCUT2D eigenvalue weighted by atomic mass is 32.1. The molecule has 0 atom stereocenters. The van der Waals surface area contributed by atoms with E-state index in [1.54, 1.807) is 25.7 Å². The number of nitrogens with one attached hydrogen (secondary N) is 1. The summed E-state index contributed by atoms with van der Waals surface area (Å²) < 4.78 is 5.50. The van der Waals surface area contributed by atoms with Crippen LogP contribution in [0.2, 0.25) is 0 Å².